The Hall–Kier alpha value is -1.86. The summed E-state index contributed by atoms with van der Waals surface area (Å²) >= 11 is 1.30. The number of nitrogens with one attached hydrogen (secondary N) is 1. The van der Waals surface area contributed by atoms with Crippen LogP contribution < -0.4 is 5.32 Å². The molecule has 1 aromatic heterocycles. The van der Waals surface area contributed by atoms with Crippen molar-refractivity contribution in [3.63, 3.8) is 0 Å². The van der Waals surface area contributed by atoms with Gasteiger partial charge in [-0.1, -0.05) is 17.8 Å². The molecule has 112 valence electrons. The van der Waals surface area contributed by atoms with Crippen LogP contribution >= 0.6 is 11.8 Å². The molecule has 0 unspecified atom stereocenters. The van der Waals surface area contributed by atoms with E-state index in [1.54, 1.807) is 36.2 Å². The van der Waals surface area contributed by atoms with Crippen LogP contribution in [0, 0.1) is 5.82 Å². The van der Waals surface area contributed by atoms with Gasteiger partial charge < -0.3 is 10.1 Å². The molecular formula is C14H16FN3O2S. The maximum atomic E-state index is 13.3. The van der Waals surface area contributed by atoms with E-state index >= 15 is 0 Å². The molecule has 1 N–H and O–H groups in total. The zero-order chi connectivity index (χ0) is 15.1. The zero-order valence-corrected chi connectivity index (χ0v) is 12.4. The predicted octanol–water partition coefficient (Wildman–Crippen LogP) is 1.87. The normalized spacial score (nSPS) is 10.6. The summed E-state index contributed by atoms with van der Waals surface area (Å²) in [6.07, 6.45) is 3.36. The molecule has 21 heavy (non-hydrogen) atoms. The van der Waals surface area contributed by atoms with Gasteiger partial charge in [-0.15, -0.1) is 0 Å². The highest BCUT2D eigenvalue weighted by Crippen LogP contribution is 2.20. The summed E-state index contributed by atoms with van der Waals surface area (Å²) in [4.78, 5) is 15.8. The van der Waals surface area contributed by atoms with Crippen molar-refractivity contribution in [2.24, 2.45) is 0 Å². The zero-order valence-electron chi connectivity index (χ0n) is 11.6. The van der Waals surface area contributed by atoms with Crippen LogP contribution in [0.15, 0.2) is 41.8 Å². The fourth-order valence-electron chi connectivity index (χ4n) is 1.69. The third-order valence-corrected chi connectivity index (χ3v) is 3.62. The minimum Gasteiger partial charge on any atom is -0.383 e. The molecule has 0 atom stereocenters. The highest BCUT2D eigenvalue weighted by molar-refractivity contribution is 7.99. The monoisotopic (exact) mass is 309 g/mol. The number of carbonyl (C=O) groups is 1. The second-order valence-electron chi connectivity index (χ2n) is 4.19. The van der Waals surface area contributed by atoms with Crippen LogP contribution in [-0.4, -0.2) is 41.5 Å². The number of imidazole rings is 1. The number of rotatable bonds is 7. The molecule has 0 bridgehead atoms. The number of hydrogen-bond acceptors (Lipinski definition) is 4. The molecule has 0 aliphatic rings. The first kappa shape index (κ1) is 15.5. The van der Waals surface area contributed by atoms with Crippen molar-refractivity contribution in [3.05, 3.63) is 42.5 Å². The van der Waals surface area contributed by atoms with Gasteiger partial charge in [0, 0.05) is 26.0 Å². The van der Waals surface area contributed by atoms with E-state index in [9.17, 15) is 9.18 Å². The number of thioether (sulfide) groups is 1. The first-order chi connectivity index (χ1) is 10.2. The fourth-order valence-corrected chi connectivity index (χ4v) is 2.50. The van der Waals surface area contributed by atoms with Crippen molar-refractivity contribution < 1.29 is 13.9 Å². The minimum atomic E-state index is -0.311. The highest BCUT2D eigenvalue weighted by atomic mass is 32.2. The van der Waals surface area contributed by atoms with Crippen LogP contribution in [0.1, 0.15) is 0 Å². The lowest BCUT2D eigenvalue weighted by Gasteiger charge is -2.08. The first-order valence-electron chi connectivity index (χ1n) is 6.38. The minimum absolute atomic E-state index is 0.0918. The summed E-state index contributed by atoms with van der Waals surface area (Å²) in [6, 6.07) is 6.23. The summed E-state index contributed by atoms with van der Waals surface area (Å²) in [7, 11) is 1.58. The van der Waals surface area contributed by atoms with Crippen LogP contribution in [0.4, 0.5) is 4.39 Å². The number of aromatic nitrogens is 2. The second-order valence-corrected chi connectivity index (χ2v) is 5.13. The van der Waals surface area contributed by atoms with E-state index in [0.29, 0.717) is 24.0 Å². The van der Waals surface area contributed by atoms with Crippen molar-refractivity contribution in [1.82, 2.24) is 14.9 Å². The maximum absolute atomic E-state index is 13.3. The molecule has 0 aliphatic carbocycles. The van der Waals surface area contributed by atoms with Crippen LogP contribution in [0.25, 0.3) is 5.69 Å². The molecule has 0 aliphatic heterocycles. The lowest BCUT2D eigenvalue weighted by atomic mass is 10.3. The SMILES string of the molecule is COCCNC(=O)CSc1nccn1-c1cccc(F)c1. The number of hydrogen-bond donors (Lipinski definition) is 1. The summed E-state index contributed by atoms with van der Waals surface area (Å²) in [5.74, 6) is -0.156. The van der Waals surface area contributed by atoms with Crippen molar-refractivity contribution in [2.45, 2.75) is 5.16 Å². The van der Waals surface area contributed by atoms with E-state index < -0.39 is 0 Å². The lowest BCUT2D eigenvalue weighted by molar-refractivity contribution is -0.118. The van der Waals surface area contributed by atoms with Gasteiger partial charge in [0.05, 0.1) is 18.0 Å². The average Bonchev–Trinajstić information content (AvgIpc) is 2.94. The molecule has 7 heteroatoms. The van der Waals surface area contributed by atoms with Crippen molar-refractivity contribution in [3.8, 4) is 5.69 Å². The summed E-state index contributed by atoms with van der Waals surface area (Å²) in [5.41, 5.74) is 0.676. The van der Waals surface area contributed by atoms with E-state index in [0.717, 1.165) is 0 Å². The summed E-state index contributed by atoms with van der Waals surface area (Å²) in [6.45, 7) is 0.961. The Kier molecular flexibility index (Phi) is 5.77. The van der Waals surface area contributed by atoms with Crippen LogP contribution in [0.2, 0.25) is 0 Å². The molecule has 1 amide bonds. The number of benzene rings is 1. The largest absolute Gasteiger partial charge is 0.383 e. The highest BCUT2D eigenvalue weighted by Gasteiger charge is 2.09. The molecule has 1 aromatic carbocycles. The van der Waals surface area contributed by atoms with Crippen LogP contribution in [-0.2, 0) is 9.53 Å². The van der Waals surface area contributed by atoms with Gasteiger partial charge in [-0.2, -0.15) is 0 Å². The van der Waals surface area contributed by atoms with Gasteiger partial charge in [0.2, 0.25) is 5.91 Å². The van der Waals surface area contributed by atoms with Crippen molar-refractivity contribution in [1.29, 1.82) is 0 Å². The number of amides is 1. The fraction of sp³-hybridized carbons (Fsp3) is 0.286. The van der Waals surface area contributed by atoms with Crippen molar-refractivity contribution in [2.75, 3.05) is 26.0 Å². The predicted molar refractivity (Wildman–Crippen MR) is 79.1 cm³/mol. The van der Waals surface area contributed by atoms with E-state index in [1.807, 2.05) is 0 Å². The molecular weight excluding hydrogens is 293 g/mol. The quantitative estimate of drug-likeness (QED) is 0.626. The molecule has 0 radical (unpaired) electrons. The van der Waals surface area contributed by atoms with E-state index in [4.69, 9.17) is 4.74 Å². The Morgan fingerprint density at radius 1 is 1.52 bits per heavy atom. The van der Waals surface area contributed by atoms with Gasteiger partial charge in [-0.05, 0) is 18.2 Å². The maximum Gasteiger partial charge on any atom is 0.230 e. The smallest absolute Gasteiger partial charge is 0.230 e. The van der Waals surface area contributed by atoms with Gasteiger partial charge in [0.25, 0.3) is 0 Å². The van der Waals surface area contributed by atoms with Crippen molar-refractivity contribution >= 4 is 17.7 Å². The Balaban J connectivity index is 1.96. The molecule has 1 heterocycles. The lowest BCUT2D eigenvalue weighted by Crippen LogP contribution is -2.28. The third kappa shape index (κ3) is 4.57. The number of carbonyl (C=O) groups excluding carboxylic acids is 1. The standard InChI is InChI=1S/C14H16FN3O2S/c1-20-8-6-16-13(19)10-21-14-17-5-7-18(14)12-4-2-3-11(15)9-12/h2-5,7,9H,6,8,10H2,1H3,(H,16,19). The number of ether oxygens (including phenoxy) is 1. The number of methoxy groups -OCH3 is 1. The molecule has 0 saturated carbocycles. The van der Waals surface area contributed by atoms with Gasteiger partial charge in [0.1, 0.15) is 5.82 Å². The molecule has 5 nitrogen and oxygen atoms in total. The average molecular weight is 309 g/mol. The number of halogens is 1. The summed E-state index contributed by atoms with van der Waals surface area (Å²) < 4.78 is 19.9. The second kappa shape index (κ2) is 7.80. The Labute approximate surface area is 126 Å². The summed E-state index contributed by atoms with van der Waals surface area (Å²) in [5, 5.41) is 3.37. The first-order valence-corrected chi connectivity index (χ1v) is 7.37. The van der Waals surface area contributed by atoms with Crippen LogP contribution in [0.5, 0.6) is 0 Å². The van der Waals surface area contributed by atoms with E-state index in [2.05, 4.69) is 10.3 Å². The van der Waals surface area contributed by atoms with E-state index in [-0.39, 0.29) is 17.5 Å². The molecule has 0 spiro atoms. The molecule has 0 saturated heterocycles. The topological polar surface area (TPSA) is 56.1 Å². The molecule has 2 rings (SSSR count). The van der Waals surface area contributed by atoms with Gasteiger partial charge in [-0.25, -0.2) is 9.37 Å². The van der Waals surface area contributed by atoms with E-state index in [1.165, 1.54) is 23.9 Å². The third-order valence-electron chi connectivity index (χ3n) is 2.65. The van der Waals surface area contributed by atoms with Gasteiger partial charge >= 0.3 is 0 Å². The molecule has 2 aromatic rings. The molecule has 0 fully saturated rings. The Morgan fingerprint density at radius 2 is 2.38 bits per heavy atom. The van der Waals surface area contributed by atoms with Crippen LogP contribution in [0.3, 0.4) is 0 Å². The number of nitrogens with zero attached hydrogens (tertiary/aromatic N) is 2. The van der Waals surface area contributed by atoms with Gasteiger partial charge in [0.15, 0.2) is 5.16 Å². The Morgan fingerprint density at radius 3 is 3.14 bits per heavy atom. The Bertz CT molecular complexity index is 603. The van der Waals surface area contributed by atoms with Gasteiger partial charge in [-0.3, -0.25) is 9.36 Å².